The Morgan fingerprint density at radius 1 is 1.28 bits per heavy atom. The Kier molecular flexibility index (Phi) is 5.71. The lowest BCUT2D eigenvalue weighted by atomic mass is 10.3. The topological polar surface area (TPSA) is 113 Å². The molecule has 1 aromatic carbocycles. The minimum absolute atomic E-state index is 0.145. The molecule has 1 amide bonds. The van der Waals surface area contributed by atoms with Crippen molar-refractivity contribution in [1.29, 1.82) is 0 Å². The number of aromatic nitrogens is 3. The Labute approximate surface area is 171 Å². The number of methoxy groups -OCH3 is 1. The lowest BCUT2D eigenvalue weighted by molar-refractivity contribution is -0.141. The third-order valence-corrected chi connectivity index (χ3v) is 6.45. The number of sulfone groups is 1. The third kappa shape index (κ3) is 4.30. The maximum absolute atomic E-state index is 12.6. The smallest absolute Gasteiger partial charge is 0.325 e. The van der Waals surface area contributed by atoms with E-state index in [9.17, 15) is 18.0 Å². The molecule has 0 spiro atoms. The number of aryl methyl sites for hydroxylation is 2. The number of fused-ring (bicyclic) bond motifs is 1. The van der Waals surface area contributed by atoms with Gasteiger partial charge in [-0.05, 0) is 38.1 Å². The summed E-state index contributed by atoms with van der Waals surface area (Å²) in [5.41, 5.74) is 1.61. The zero-order chi connectivity index (χ0) is 21.3. The number of carbonyl (C=O) groups is 2. The Bertz CT molecular complexity index is 1280. The summed E-state index contributed by atoms with van der Waals surface area (Å²) in [5, 5.41) is 4.23. The average Bonchev–Trinajstić information content (AvgIpc) is 3.20. The van der Waals surface area contributed by atoms with Gasteiger partial charge in [0.25, 0.3) is 5.91 Å². The minimum atomic E-state index is -3.40. The van der Waals surface area contributed by atoms with Gasteiger partial charge in [-0.15, -0.1) is 0 Å². The van der Waals surface area contributed by atoms with Crippen LogP contribution < -0.4 is 4.80 Å². The molecule has 0 saturated heterocycles. The van der Waals surface area contributed by atoms with Crippen LogP contribution >= 0.6 is 11.3 Å². The predicted molar refractivity (Wildman–Crippen MR) is 107 cm³/mol. The second kappa shape index (κ2) is 7.91. The van der Waals surface area contributed by atoms with E-state index in [-0.39, 0.29) is 21.9 Å². The first-order valence-electron chi connectivity index (χ1n) is 8.67. The standard InChI is InChI=1S/C18H20N4O5S2/c1-5-22-11(2)8-13(20-22)17(24)19-18-21(10-16(23)27-3)14-7-6-12(29(4,25)26)9-15(14)28-18/h6-9H,5,10H2,1-4H3. The van der Waals surface area contributed by atoms with Crippen molar-refractivity contribution >= 4 is 43.3 Å². The van der Waals surface area contributed by atoms with Gasteiger partial charge in [-0.1, -0.05) is 11.3 Å². The van der Waals surface area contributed by atoms with Crippen molar-refractivity contribution in [2.24, 2.45) is 4.99 Å². The van der Waals surface area contributed by atoms with Crippen LogP contribution in [-0.2, 0) is 32.5 Å². The summed E-state index contributed by atoms with van der Waals surface area (Å²) in [6, 6.07) is 6.19. The summed E-state index contributed by atoms with van der Waals surface area (Å²) in [6.45, 7) is 4.22. The van der Waals surface area contributed by atoms with E-state index in [1.807, 2.05) is 13.8 Å². The van der Waals surface area contributed by atoms with Crippen molar-refractivity contribution in [3.05, 3.63) is 40.5 Å². The highest BCUT2D eigenvalue weighted by atomic mass is 32.2. The van der Waals surface area contributed by atoms with E-state index in [0.29, 0.717) is 16.8 Å². The normalized spacial score (nSPS) is 12.5. The van der Waals surface area contributed by atoms with E-state index in [4.69, 9.17) is 4.74 Å². The fraction of sp³-hybridized carbons (Fsp3) is 0.333. The fourth-order valence-electron chi connectivity index (χ4n) is 2.79. The van der Waals surface area contributed by atoms with E-state index in [0.717, 1.165) is 23.3 Å². The molecule has 0 radical (unpaired) electrons. The van der Waals surface area contributed by atoms with Gasteiger partial charge in [0.15, 0.2) is 20.3 Å². The lowest BCUT2D eigenvalue weighted by Gasteiger charge is -2.04. The Balaban J connectivity index is 2.18. The molecule has 2 aromatic heterocycles. The van der Waals surface area contributed by atoms with Crippen molar-refractivity contribution < 1.29 is 22.7 Å². The van der Waals surface area contributed by atoms with Crippen molar-refractivity contribution in [2.75, 3.05) is 13.4 Å². The number of hydrogen-bond donors (Lipinski definition) is 0. The van der Waals surface area contributed by atoms with Crippen LogP contribution in [0.5, 0.6) is 0 Å². The van der Waals surface area contributed by atoms with E-state index >= 15 is 0 Å². The molecule has 11 heteroatoms. The van der Waals surface area contributed by atoms with Crippen molar-refractivity contribution in [1.82, 2.24) is 14.3 Å². The first kappa shape index (κ1) is 20.9. The monoisotopic (exact) mass is 436 g/mol. The number of rotatable bonds is 5. The average molecular weight is 437 g/mol. The number of carbonyl (C=O) groups excluding carboxylic acids is 2. The molecule has 0 saturated carbocycles. The van der Waals surface area contributed by atoms with Gasteiger partial charge in [-0.25, -0.2) is 8.42 Å². The molecular formula is C18H20N4O5S2. The van der Waals surface area contributed by atoms with Crippen LogP contribution in [-0.4, -0.2) is 48.0 Å². The van der Waals surface area contributed by atoms with Crippen LogP contribution in [0.25, 0.3) is 10.2 Å². The quantitative estimate of drug-likeness (QED) is 0.561. The van der Waals surface area contributed by atoms with Gasteiger partial charge in [-0.3, -0.25) is 14.3 Å². The molecule has 0 bridgehead atoms. The summed E-state index contributed by atoms with van der Waals surface area (Å²) in [4.78, 5) is 29.1. The fourth-order valence-corrected chi connectivity index (χ4v) is 4.58. The van der Waals surface area contributed by atoms with E-state index in [2.05, 4.69) is 10.1 Å². The Morgan fingerprint density at radius 3 is 2.59 bits per heavy atom. The molecule has 29 heavy (non-hydrogen) atoms. The molecular weight excluding hydrogens is 416 g/mol. The highest BCUT2D eigenvalue weighted by molar-refractivity contribution is 7.90. The predicted octanol–water partition coefficient (Wildman–Crippen LogP) is 1.55. The first-order chi connectivity index (χ1) is 13.6. The summed E-state index contributed by atoms with van der Waals surface area (Å²) in [5.74, 6) is -1.06. The molecule has 0 N–H and O–H groups in total. The van der Waals surface area contributed by atoms with Crippen molar-refractivity contribution in [3.63, 3.8) is 0 Å². The molecule has 0 aliphatic carbocycles. The van der Waals surface area contributed by atoms with Gasteiger partial charge >= 0.3 is 5.97 Å². The Morgan fingerprint density at radius 2 is 2.00 bits per heavy atom. The van der Waals surface area contributed by atoms with Gasteiger partial charge in [0.05, 0.1) is 22.2 Å². The number of benzene rings is 1. The number of ether oxygens (including phenoxy) is 1. The minimum Gasteiger partial charge on any atom is -0.468 e. The number of hydrogen-bond acceptors (Lipinski definition) is 7. The number of thiazole rings is 1. The van der Waals surface area contributed by atoms with Crippen LogP contribution in [0, 0.1) is 6.92 Å². The second-order valence-electron chi connectivity index (χ2n) is 6.35. The number of amides is 1. The van der Waals surface area contributed by atoms with Crippen LogP contribution in [0.3, 0.4) is 0 Å². The van der Waals surface area contributed by atoms with Crippen LogP contribution in [0.1, 0.15) is 23.1 Å². The highest BCUT2D eigenvalue weighted by Gasteiger charge is 2.16. The van der Waals surface area contributed by atoms with Gasteiger partial charge in [0, 0.05) is 18.5 Å². The molecule has 0 atom stereocenters. The molecule has 154 valence electrons. The molecule has 9 nitrogen and oxygen atoms in total. The van der Waals surface area contributed by atoms with Crippen LogP contribution in [0.4, 0.5) is 0 Å². The number of nitrogens with zero attached hydrogens (tertiary/aromatic N) is 4. The van der Waals surface area contributed by atoms with E-state index in [1.54, 1.807) is 16.8 Å². The lowest BCUT2D eigenvalue weighted by Crippen LogP contribution is -2.22. The van der Waals surface area contributed by atoms with E-state index < -0.39 is 21.7 Å². The summed E-state index contributed by atoms with van der Waals surface area (Å²) >= 11 is 1.12. The third-order valence-electron chi connectivity index (χ3n) is 4.29. The van der Waals surface area contributed by atoms with Crippen LogP contribution in [0.2, 0.25) is 0 Å². The molecule has 0 aliphatic heterocycles. The maximum atomic E-state index is 12.6. The summed E-state index contributed by atoms with van der Waals surface area (Å²) in [7, 11) is -2.14. The van der Waals surface area contributed by atoms with Gasteiger partial charge < -0.3 is 9.30 Å². The molecule has 3 aromatic rings. The maximum Gasteiger partial charge on any atom is 0.325 e. The molecule has 0 fully saturated rings. The van der Waals surface area contributed by atoms with Crippen molar-refractivity contribution in [3.8, 4) is 0 Å². The Hall–Kier alpha value is -2.79. The molecule has 0 unspecified atom stereocenters. The zero-order valence-electron chi connectivity index (χ0n) is 16.4. The molecule has 2 heterocycles. The summed E-state index contributed by atoms with van der Waals surface area (Å²) < 4.78 is 32.2. The zero-order valence-corrected chi connectivity index (χ0v) is 18.0. The first-order valence-corrected chi connectivity index (χ1v) is 11.4. The summed E-state index contributed by atoms with van der Waals surface area (Å²) in [6.07, 6.45) is 1.12. The second-order valence-corrected chi connectivity index (χ2v) is 9.38. The largest absolute Gasteiger partial charge is 0.468 e. The van der Waals surface area contributed by atoms with Gasteiger partial charge in [0.2, 0.25) is 0 Å². The molecule has 3 rings (SSSR count). The van der Waals surface area contributed by atoms with E-state index in [1.165, 1.54) is 23.8 Å². The SMILES string of the molecule is CCn1nc(C(=O)N=c2sc3cc(S(C)(=O)=O)ccc3n2CC(=O)OC)cc1C. The van der Waals surface area contributed by atoms with Crippen LogP contribution in [0.15, 0.2) is 34.2 Å². The van der Waals surface area contributed by atoms with Gasteiger partial charge in [0.1, 0.15) is 6.54 Å². The number of esters is 1. The molecule has 0 aliphatic rings. The van der Waals surface area contributed by atoms with Gasteiger partial charge in [-0.2, -0.15) is 10.1 Å². The highest BCUT2D eigenvalue weighted by Crippen LogP contribution is 2.22. The van der Waals surface area contributed by atoms with Crippen molar-refractivity contribution in [2.45, 2.75) is 31.8 Å².